The zero-order valence-corrected chi connectivity index (χ0v) is 13.5. The molecule has 6 heteroatoms. The van der Waals surface area contributed by atoms with Crippen LogP contribution in [0.5, 0.6) is 0 Å². The number of hydrogen-bond donors (Lipinski definition) is 1. The van der Waals surface area contributed by atoms with Crippen LogP contribution < -0.4 is 10.2 Å². The van der Waals surface area contributed by atoms with Gasteiger partial charge in [-0.2, -0.15) is 0 Å². The van der Waals surface area contributed by atoms with Gasteiger partial charge in [-0.1, -0.05) is 6.07 Å². The Hall–Kier alpha value is -1.69. The van der Waals surface area contributed by atoms with Crippen molar-refractivity contribution in [2.24, 2.45) is 5.92 Å². The molecule has 3 heterocycles. The molecular formula is C15H18BrN5. The standard InChI is InChI=1S/C15H18BrN5/c1-11-3-2-4-14(20-11)18-7-12-5-6-21(9-12)15-13(16)8-17-10-19-15/h2-4,8,10,12H,5-7,9H2,1H3,(H,18,20)/t12-/m0/s1. The number of nitrogens with one attached hydrogen (secondary N) is 1. The SMILES string of the molecule is Cc1cccc(NC[C@@H]2CCN(c3ncncc3Br)C2)n1. The Labute approximate surface area is 133 Å². The minimum Gasteiger partial charge on any atom is -0.370 e. The van der Waals surface area contributed by atoms with Gasteiger partial charge < -0.3 is 10.2 Å². The van der Waals surface area contributed by atoms with Crippen LogP contribution in [-0.2, 0) is 0 Å². The molecule has 1 N–H and O–H groups in total. The van der Waals surface area contributed by atoms with Gasteiger partial charge in [0, 0.05) is 31.5 Å². The molecule has 1 aliphatic heterocycles. The Morgan fingerprint density at radius 2 is 2.33 bits per heavy atom. The molecule has 2 aromatic heterocycles. The first-order chi connectivity index (χ1) is 10.2. The van der Waals surface area contributed by atoms with Crippen molar-refractivity contribution in [1.29, 1.82) is 0 Å². The molecule has 1 atom stereocenters. The summed E-state index contributed by atoms with van der Waals surface area (Å²) < 4.78 is 0.957. The fourth-order valence-corrected chi connectivity index (χ4v) is 3.09. The van der Waals surface area contributed by atoms with Crippen LogP contribution in [-0.4, -0.2) is 34.6 Å². The zero-order valence-electron chi connectivity index (χ0n) is 12.0. The minimum atomic E-state index is 0.606. The number of hydrogen-bond acceptors (Lipinski definition) is 5. The molecule has 0 bridgehead atoms. The van der Waals surface area contributed by atoms with Crippen molar-refractivity contribution in [3.8, 4) is 0 Å². The number of nitrogens with zero attached hydrogens (tertiary/aromatic N) is 4. The fraction of sp³-hybridized carbons (Fsp3) is 0.400. The van der Waals surface area contributed by atoms with Crippen molar-refractivity contribution >= 4 is 27.6 Å². The molecule has 0 spiro atoms. The van der Waals surface area contributed by atoms with Crippen LogP contribution in [0.25, 0.3) is 0 Å². The predicted molar refractivity (Wildman–Crippen MR) is 87.5 cm³/mol. The number of aromatic nitrogens is 3. The van der Waals surface area contributed by atoms with E-state index < -0.39 is 0 Å². The molecule has 3 rings (SSSR count). The molecule has 1 fully saturated rings. The quantitative estimate of drug-likeness (QED) is 0.921. The second kappa shape index (κ2) is 6.39. The fourth-order valence-electron chi connectivity index (χ4n) is 2.62. The van der Waals surface area contributed by atoms with Crippen LogP contribution in [0.1, 0.15) is 12.1 Å². The van der Waals surface area contributed by atoms with Gasteiger partial charge in [-0.15, -0.1) is 0 Å². The summed E-state index contributed by atoms with van der Waals surface area (Å²) in [6, 6.07) is 6.06. The van der Waals surface area contributed by atoms with Crippen molar-refractivity contribution in [1.82, 2.24) is 15.0 Å². The van der Waals surface area contributed by atoms with Gasteiger partial charge in [0.25, 0.3) is 0 Å². The second-order valence-electron chi connectivity index (χ2n) is 5.34. The molecule has 1 aliphatic rings. The van der Waals surface area contributed by atoms with Crippen molar-refractivity contribution in [3.05, 3.63) is 40.9 Å². The Bertz CT molecular complexity index is 619. The third-order valence-corrected chi connectivity index (χ3v) is 4.25. The Morgan fingerprint density at radius 1 is 1.43 bits per heavy atom. The molecular weight excluding hydrogens is 330 g/mol. The number of anilines is 2. The average Bonchev–Trinajstić information content (AvgIpc) is 2.94. The smallest absolute Gasteiger partial charge is 0.146 e. The summed E-state index contributed by atoms with van der Waals surface area (Å²) in [6.07, 6.45) is 4.56. The van der Waals surface area contributed by atoms with Crippen molar-refractivity contribution in [2.75, 3.05) is 29.9 Å². The summed E-state index contributed by atoms with van der Waals surface area (Å²) in [6.45, 7) is 4.99. The molecule has 0 aromatic carbocycles. The van der Waals surface area contributed by atoms with Crippen molar-refractivity contribution < 1.29 is 0 Å². The van der Waals surface area contributed by atoms with Gasteiger partial charge in [0.2, 0.25) is 0 Å². The van der Waals surface area contributed by atoms with Gasteiger partial charge in [-0.05, 0) is 47.3 Å². The molecule has 2 aromatic rings. The summed E-state index contributed by atoms with van der Waals surface area (Å²) in [5.41, 5.74) is 1.04. The van der Waals surface area contributed by atoms with E-state index in [1.54, 1.807) is 12.5 Å². The summed E-state index contributed by atoms with van der Waals surface area (Å²) in [5.74, 6) is 2.55. The minimum absolute atomic E-state index is 0.606. The highest BCUT2D eigenvalue weighted by molar-refractivity contribution is 9.10. The monoisotopic (exact) mass is 347 g/mol. The lowest BCUT2D eigenvalue weighted by Gasteiger charge is -2.18. The van der Waals surface area contributed by atoms with Gasteiger partial charge in [-0.3, -0.25) is 0 Å². The third-order valence-electron chi connectivity index (χ3n) is 3.69. The zero-order chi connectivity index (χ0) is 14.7. The first-order valence-electron chi connectivity index (χ1n) is 7.10. The van der Waals surface area contributed by atoms with E-state index in [0.717, 1.165) is 47.9 Å². The van der Waals surface area contributed by atoms with Crippen molar-refractivity contribution in [3.63, 3.8) is 0 Å². The van der Waals surface area contributed by atoms with E-state index in [9.17, 15) is 0 Å². The molecule has 0 aliphatic carbocycles. The van der Waals surface area contributed by atoms with Crippen LogP contribution in [0.15, 0.2) is 35.2 Å². The summed E-state index contributed by atoms with van der Waals surface area (Å²) in [7, 11) is 0. The first kappa shape index (κ1) is 14.3. The van der Waals surface area contributed by atoms with Crippen LogP contribution in [0.4, 0.5) is 11.6 Å². The lowest BCUT2D eigenvalue weighted by atomic mass is 10.1. The molecule has 5 nitrogen and oxygen atoms in total. The van der Waals surface area contributed by atoms with Gasteiger partial charge in [0.05, 0.1) is 4.47 Å². The lowest BCUT2D eigenvalue weighted by molar-refractivity contribution is 0.620. The molecule has 110 valence electrons. The molecule has 0 amide bonds. The number of pyridine rings is 1. The highest BCUT2D eigenvalue weighted by atomic mass is 79.9. The molecule has 0 unspecified atom stereocenters. The Balaban J connectivity index is 1.57. The van der Waals surface area contributed by atoms with Gasteiger partial charge in [0.1, 0.15) is 18.0 Å². The first-order valence-corrected chi connectivity index (χ1v) is 7.89. The van der Waals surface area contributed by atoms with Crippen LogP contribution >= 0.6 is 15.9 Å². The summed E-state index contributed by atoms with van der Waals surface area (Å²) in [5, 5.41) is 3.43. The molecule has 0 saturated carbocycles. The highest BCUT2D eigenvalue weighted by Gasteiger charge is 2.24. The van der Waals surface area contributed by atoms with E-state index in [-0.39, 0.29) is 0 Å². The van der Waals surface area contributed by atoms with E-state index in [2.05, 4.69) is 41.1 Å². The van der Waals surface area contributed by atoms with Crippen molar-refractivity contribution in [2.45, 2.75) is 13.3 Å². The number of aryl methyl sites for hydroxylation is 1. The number of rotatable bonds is 4. The number of halogens is 1. The lowest BCUT2D eigenvalue weighted by Crippen LogP contribution is -2.23. The Kier molecular flexibility index (Phi) is 4.34. The summed E-state index contributed by atoms with van der Waals surface area (Å²) in [4.78, 5) is 15.2. The van der Waals surface area contributed by atoms with E-state index >= 15 is 0 Å². The third kappa shape index (κ3) is 3.50. The Morgan fingerprint density at radius 3 is 3.14 bits per heavy atom. The maximum atomic E-state index is 4.47. The summed E-state index contributed by atoms with van der Waals surface area (Å²) >= 11 is 3.52. The van der Waals surface area contributed by atoms with Gasteiger partial charge in [0.15, 0.2) is 0 Å². The topological polar surface area (TPSA) is 53.9 Å². The highest BCUT2D eigenvalue weighted by Crippen LogP contribution is 2.27. The maximum absolute atomic E-state index is 4.47. The van der Waals surface area contributed by atoms with Gasteiger partial charge >= 0.3 is 0 Å². The molecule has 1 saturated heterocycles. The second-order valence-corrected chi connectivity index (χ2v) is 6.19. The largest absolute Gasteiger partial charge is 0.370 e. The van der Waals surface area contributed by atoms with Crippen LogP contribution in [0.3, 0.4) is 0 Å². The van der Waals surface area contributed by atoms with E-state index in [1.807, 2.05) is 25.1 Å². The molecule has 21 heavy (non-hydrogen) atoms. The maximum Gasteiger partial charge on any atom is 0.146 e. The predicted octanol–water partition coefficient (Wildman–Crippen LogP) is 2.88. The average molecular weight is 348 g/mol. The van der Waals surface area contributed by atoms with E-state index in [1.165, 1.54) is 0 Å². The normalized spacial score (nSPS) is 18.0. The van der Waals surface area contributed by atoms with Crippen LogP contribution in [0, 0.1) is 12.8 Å². The van der Waals surface area contributed by atoms with E-state index in [4.69, 9.17) is 0 Å². The van der Waals surface area contributed by atoms with Crippen LogP contribution in [0.2, 0.25) is 0 Å². The van der Waals surface area contributed by atoms with E-state index in [0.29, 0.717) is 5.92 Å². The van der Waals surface area contributed by atoms with Gasteiger partial charge in [-0.25, -0.2) is 15.0 Å². The molecule has 0 radical (unpaired) electrons.